The summed E-state index contributed by atoms with van der Waals surface area (Å²) in [5.41, 5.74) is 0.434. The summed E-state index contributed by atoms with van der Waals surface area (Å²) >= 11 is 0. The van der Waals surface area contributed by atoms with Gasteiger partial charge < -0.3 is 15.0 Å². The minimum absolute atomic E-state index is 0.0666. The molecule has 39 heavy (non-hydrogen) atoms. The third kappa shape index (κ3) is 8.81. The number of carbonyl (C=O) groups is 3. The van der Waals surface area contributed by atoms with Crippen LogP contribution in [0.5, 0.6) is 0 Å². The number of rotatable bonds is 8. The number of hydrogen-bond donors (Lipinski definition) is 1. The van der Waals surface area contributed by atoms with E-state index < -0.39 is 17.1 Å². The van der Waals surface area contributed by atoms with Crippen LogP contribution in [0, 0.1) is 23.2 Å². The van der Waals surface area contributed by atoms with Crippen LogP contribution in [0.2, 0.25) is 0 Å². The third-order valence-corrected chi connectivity index (χ3v) is 6.84. The van der Waals surface area contributed by atoms with Crippen LogP contribution in [0.3, 0.4) is 0 Å². The number of amides is 2. The molecule has 1 N–H and O–H groups in total. The van der Waals surface area contributed by atoms with Crippen molar-refractivity contribution in [1.29, 1.82) is 5.26 Å². The molecule has 1 saturated heterocycles. The molecule has 0 bridgehead atoms. The molecule has 1 fully saturated rings. The minimum Gasteiger partial charge on any atom is -0.460 e. The van der Waals surface area contributed by atoms with Gasteiger partial charge in [-0.15, -0.1) is 0 Å². The van der Waals surface area contributed by atoms with Crippen molar-refractivity contribution in [2.45, 2.75) is 65.0 Å². The van der Waals surface area contributed by atoms with Gasteiger partial charge in [0.2, 0.25) is 5.91 Å². The summed E-state index contributed by atoms with van der Waals surface area (Å²) < 4.78 is 5.47. The van der Waals surface area contributed by atoms with Crippen LogP contribution in [0.25, 0.3) is 6.08 Å². The lowest BCUT2D eigenvalue weighted by atomic mass is 9.83. The smallest absolute Gasteiger partial charge is 0.306 e. The highest BCUT2D eigenvalue weighted by molar-refractivity contribution is 5.95. The molecule has 1 aliphatic heterocycles. The Morgan fingerprint density at radius 3 is 2.21 bits per heavy atom. The van der Waals surface area contributed by atoms with E-state index in [0.717, 1.165) is 18.4 Å². The number of nitriles is 1. The van der Waals surface area contributed by atoms with Crippen molar-refractivity contribution < 1.29 is 19.1 Å². The highest BCUT2D eigenvalue weighted by atomic mass is 16.6. The topological polar surface area (TPSA) is 99.5 Å². The van der Waals surface area contributed by atoms with E-state index in [1.54, 1.807) is 24.3 Å². The van der Waals surface area contributed by atoms with Crippen molar-refractivity contribution in [3.63, 3.8) is 0 Å². The molecule has 2 aromatic carbocycles. The minimum atomic E-state index is -0.902. The second-order valence-corrected chi connectivity index (χ2v) is 11.7. The molecular formula is C32H39N3O4. The molecule has 1 aliphatic rings. The second kappa shape index (κ2) is 12.8. The number of nitrogens with zero attached hydrogens (tertiary/aromatic N) is 2. The van der Waals surface area contributed by atoms with Gasteiger partial charge in [0.05, 0.1) is 17.6 Å². The zero-order chi connectivity index (χ0) is 28.6. The Bertz CT molecular complexity index is 1210. The first kappa shape index (κ1) is 29.6. The molecule has 7 nitrogen and oxygen atoms in total. The number of benzene rings is 2. The van der Waals surface area contributed by atoms with Gasteiger partial charge in [-0.05, 0) is 83.2 Å². The molecule has 0 aliphatic carbocycles. The lowest BCUT2D eigenvalue weighted by Crippen LogP contribution is -2.55. The summed E-state index contributed by atoms with van der Waals surface area (Å²) in [5.74, 6) is -1.04. The molecule has 0 radical (unpaired) electrons. The van der Waals surface area contributed by atoms with E-state index in [2.05, 4.69) is 5.32 Å². The third-order valence-electron chi connectivity index (χ3n) is 6.84. The van der Waals surface area contributed by atoms with Crippen molar-refractivity contribution >= 4 is 23.9 Å². The number of carbonyl (C=O) groups excluding carboxylic acids is 3. The Labute approximate surface area is 231 Å². The van der Waals surface area contributed by atoms with Gasteiger partial charge in [-0.3, -0.25) is 14.4 Å². The fourth-order valence-corrected chi connectivity index (χ4v) is 4.71. The highest BCUT2D eigenvalue weighted by Crippen LogP contribution is 2.28. The van der Waals surface area contributed by atoms with Gasteiger partial charge >= 0.3 is 5.97 Å². The molecule has 0 saturated carbocycles. The SMILES string of the molecule is CC(C)(C)OC(=O)CC1CCN(C(=O)C(C=Cc2ccccc2)C(C)(C)NC(=O)c2ccc(C#N)cc2)CC1. The van der Waals surface area contributed by atoms with Gasteiger partial charge in [-0.25, -0.2) is 0 Å². The largest absolute Gasteiger partial charge is 0.460 e. The number of likely N-dealkylation sites (tertiary alicyclic amines) is 1. The quantitative estimate of drug-likeness (QED) is 0.464. The molecule has 0 spiro atoms. The van der Waals surface area contributed by atoms with E-state index in [4.69, 9.17) is 10.00 Å². The van der Waals surface area contributed by atoms with Gasteiger partial charge in [0.1, 0.15) is 5.60 Å². The van der Waals surface area contributed by atoms with Gasteiger partial charge in [0.25, 0.3) is 5.91 Å². The first-order chi connectivity index (χ1) is 18.4. The van der Waals surface area contributed by atoms with Gasteiger partial charge in [-0.1, -0.05) is 42.5 Å². The summed E-state index contributed by atoms with van der Waals surface area (Å²) in [4.78, 5) is 41.1. The first-order valence-electron chi connectivity index (χ1n) is 13.4. The Kier molecular flexibility index (Phi) is 9.69. The Morgan fingerprint density at radius 1 is 1.03 bits per heavy atom. The van der Waals surface area contributed by atoms with Crippen LogP contribution in [0.1, 0.15) is 75.4 Å². The predicted octanol–water partition coefficient (Wildman–Crippen LogP) is 5.37. The van der Waals surface area contributed by atoms with E-state index in [1.807, 2.05) is 88.1 Å². The zero-order valence-corrected chi connectivity index (χ0v) is 23.6. The standard InChI is InChI=1S/C32H39N3O4/c1-31(2,3)39-28(36)21-24-17-19-35(20-18-24)30(38)27(16-13-23-9-7-6-8-10-23)32(4,5)34-29(37)26-14-11-25(22-33)12-15-26/h6-16,24,27H,17-21H2,1-5H3,(H,34,37). The summed E-state index contributed by atoms with van der Waals surface area (Å²) in [6.45, 7) is 10.4. The average molecular weight is 530 g/mol. The maximum atomic E-state index is 13.9. The number of ether oxygens (including phenoxy) is 1. The number of hydrogen-bond acceptors (Lipinski definition) is 5. The van der Waals surface area contributed by atoms with Crippen molar-refractivity contribution in [3.8, 4) is 6.07 Å². The van der Waals surface area contributed by atoms with Gasteiger partial charge in [0.15, 0.2) is 0 Å². The average Bonchev–Trinajstić information content (AvgIpc) is 2.88. The summed E-state index contributed by atoms with van der Waals surface area (Å²) in [7, 11) is 0. The summed E-state index contributed by atoms with van der Waals surface area (Å²) in [6, 6.07) is 18.2. The molecule has 0 aromatic heterocycles. The molecule has 1 unspecified atom stereocenters. The fraction of sp³-hybridized carbons (Fsp3) is 0.438. The fourth-order valence-electron chi connectivity index (χ4n) is 4.71. The Hall–Kier alpha value is -3.92. The molecule has 1 atom stereocenters. The van der Waals surface area contributed by atoms with E-state index >= 15 is 0 Å². The predicted molar refractivity (Wildman–Crippen MR) is 151 cm³/mol. The zero-order valence-electron chi connectivity index (χ0n) is 23.6. The Morgan fingerprint density at radius 2 is 1.64 bits per heavy atom. The molecular weight excluding hydrogens is 490 g/mol. The number of piperidine rings is 1. The van der Waals surface area contributed by atoms with Crippen LogP contribution in [0.4, 0.5) is 0 Å². The normalized spacial score (nSPS) is 15.4. The lowest BCUT2D eigenvalue weighted by Gasteiger charge is -2.39. The molecule has 2 amide bonds. The van der Waals surface area contributed by atoms with E-state index in [1.165, 1.54) is 0 Å². The van der Waals surface area contributed by atoms with Gasteiger partial charge in [0, 0.05) is 30.6 Å². The first-order valence-corrected chi connectivity index (χ1v) is 13.4. The maximum absolute atomic E-state index is 13.9. The van der Waals surface area contributed by atoms with Crippen LogP contribution in [0.15, 0.2) is 60.7 Å². The van der Waals surface area contributed by atoms with E-state index in [9.17, 15) is 14.4 Å². The van der Waals surface area contributed by atoms with Crippen LogP contribution in [-0.2, 0) is 14.3 Å². The van der Waals surface area contributed by atoms with E-state index in [0.29, 0.717) is 30.6 Å². The van der Waals surface area contributed by atoms with Crippen LogP contribution in [-0.4, -0.2) is 46.9 Å². The Balaban J connectivity index is 1.74. The number of esters is 1. The second-order valence-electron chi connectivity index (χ2n) is 11.7. The molecule has 3 rings (SSSR count). The van der Waals surface area contributed by atoms with Crippen LogP contribution >= 0.6 is 0 Å². The lowest BCUT2D eigenvalue weighted by molar-refractivity contribution is -0.156. The van der Waals surface area contributed by atoms with Crippen molar-refractivity contribution in [3.05, 3.63) is 77.4 Å². The highest BCUT2D eigenvalue weighted by Gasteiger charge is 2.38. The molecule has 2 aromatic rings. The molecule has 1 heterocycles. The van der Waals surface area contributed by atoms with Crippen molar-refractivity contribution in [2.75, 3.05) is 13.1 Å². The maximum Gasteiger partial charge on any atom is 0.306 e. The summed E-state index contributed by atoms with van der Waals surface area (Å²) in [6.07, 6.45) is 5.57. The molecule has 206 valence electrons. The van der Waals surface area contributed by atoms with Gasteiger partial charge in [-0.2, -0.15) is 5.26 Å². The monoisotopic (exact) mass is 529 g/mol. The molecule has 7 heteroatoms. The van der Waals surface area contributed by atoms with Crippen molar-refractivity contribution in [1.82, 2.24) is 10.2 Å². The van der Waals surface area contributed by atoms with Crippen LogP contribution < -0.4 is 5.32 Å². The number of nitrogens with one attached hydrogen (secondary N) is 1. The van der Waals surface area contributed by atoms with E-state index in [-0.39, 0.29) is 23.7 Å². The van der Waals surface area contributed by atoms with Crippen molar-refractivity contribution in [2.24, 2.45) is 11.8 Å². The summed E-state index contributed by atoms with van der Waals surface area (Å²) in [5, 5.41) is 12.1.